The number of hydrogen-bond donors (Lipinski definition) is 2. The summed E-state index contributed by atoms with van der Waals surface area (Å²) in [6, 6.07) is 10.8. The van der Waals surface area contributed by atoms with Gasteiger partial charge in [-0.2, -0.15) is 0 Å². The second-order valence-corrected chi connectivity index (χ2v) is 14.3. The number of nitrogens with one attached hydrogen (secondary N) is 1. The molecule has 2 N–H and O–H groups in total. The number of halogens is 2. The molecule has 3 aliphatic rings. The average molecular weight is 716 g/mol. The molecule has 6 rings (SSSR count). The van der Waals surface area contributed by atoms with E-state index in [1.807, 2.05) is 40.8 Å². The number of ether oxygens (including phenoxy) is 3. The molecule has 1 aromatic heterocycles. The predicted molar refractivity (Wildman–Crippen MR) is 187 cm³/mol. The lowest BCUT2D eigenvalue weighted by molar-refractivity contribution is -0.144. The minimum Gasteiger partial charge on any atom is -0.481 e. The Bertz CT molecular complexity index is 1680. The smallest absolute Gasteiger partial charge is 0.306 e. The quantitative estimate of drug-likeness (QED) is 0.276. The fraction of sp³-hybridized carbons (Fsp3) is 0.528. The van der Waals surface area contributed by atoms with Crippen LogP contribution in [0.15, 0.2) is 42.6 Å². The lowest BCUT2D eigenvalue weighted by Gasteiger charge is -2.30. The molecule has 2 saturated heterocycles. The van der Waals surface area contributed by atoms with Crippen LogP contribution in [0, 0.1) is 5.92 Å². The number of methoxy groups -OCH3 is 2. The van der Waals surface area contributed by atoms with Crippen LogP contribution in [0.3, 0.4) is 0 Å². The van der Waals surface area contributed by atoms with E-state index in [0.29, 0.717) is 73.8 Å². The Labute approximate surface area is 296 Å². The van der Waals surface area contributed by atoms with Gasteiger partial charge in [0.1, 0.15) is 0 Å². The number of aryl methyl sites for hydroxylation is 1. The molecule has 0 radical (unpaired) electrons. The molecule has 264 valence electrons. The first-order valence-corrected chi connectivity index (χ1v) is 17.6. The Morgan fingerprint density at radius 1 is 0.959 bits per heavy atom. The second kappa shape index (κ2) is 15.4. The summed E-state index contributed by atoms with van der Waals surface area (Å²) in [6.45, 7) is 2.31. The number of amides is 2. The number of carbonyl (C=O) groups is 3. The van der Waals surface area contributed by atoms with Gasteiger partial charge < -0.3 is 34.1 Å². The highest BCUT2D eigenvalue weighted by Crippen LogP contribution is 2.34. The zero-order valence-electron chi connectivity index (χ0n) is 28.1. The van der Waals surface area contributed by atoms with E-state index in [2.05, 4.69) is 10.2 Å². The van der Waals surface area contributed by atoms with Gasteiger partial charge in [-0.3, -0.25) is 19.3 Å². The molecule has 2 amide bonds. The number of fused-ring (bicyclic) bond motifs is 1. The van der Waals surface area contributed by atoms with Crippen LogP contribution in [-0.4, -0.2) is 108 Å². The monoisotopic (exact) mass is 714 g/mol. The molecule has 13 heteroatoms. The van der Waals surface area contributed by atoms with Gasteiger partial charge in [-0.25, -0.2) is 0 Å². The summed E-state index contributed by atoms with van der Waals surface area (Å²) < 4.78 is 19.6. The van der Waals surface area contributed by atoms with Gasteiger partial charge in [0, 0.05) is 69.1 Å². The summed E-state index contributed by atoms with van der Waals surface area (Å²) in [5.41, 5.74) is 2.38. The molecule has 1 aliphatic carbocycles. The number of likely N-dealkylation sites (tertiary alicyclic amines) is 2. The van der Waals surface area contributed by atoms with Crippen LogP contribution in [0.5, 0.6) is 0 Å². The molecule has 3 heterocycles. The molecule has 0 bridgehead atoms. The molecule has 11 nitrogen and oxygen atoms in total. The van der Waals surface area contributed by atoms with Gasteiger partial charge in [0.25, 0.3) is 5.91 Å². The normalized spacial score (nSPS) is 26.0. The van der Waals surface area contributed by atoms with E-state index in [-0.39, 0.29) is 59.6 Å². The van der Waals surface area contributed by atoms with Gasteiger partial charge in [0.2, 0.25) is 5.91 Å². The fourth-order valence-corrected chi connectivity index (χ4v) is 8.13. The summed E-state index contributed by atoms with van der Waals surface area (Å²) in [5, 5.41) is 13.7. The van der Waals surface area contributed by atoms with Crippen molar-refractivity contribution < 1.29 is 33.7 Å². The van der Waals surface area contributed by atoms with Crippen molar-refractivity contribution in [3.8, 4) is 0 Å². The number of aliphatic carboxylic acids is 1. The van der Waals surface area contributed by atoms with E-state index < -0.39 is 5.97 Å². The highest BCUT2D eigenvalue weighted by Gasteiger charge is 2.43. The van der Waals surface area contributed by atoms with Crippen LogP contribution in [-0.2, 0) is 37.3 Å². The van der Waals surface area contributed by atoms with E-state index in [9.17, 15) is 19.5 Å². The number of para-hydroxylation sites is 1. The Morgan fingerprint density at radius 2 is 1.65 bits per heavy atom. The molecule has 49 heavy (non-hydrogen) atoms. The molecule has 1 unspecified atom stereocenters. The number of carboxylic acids is 1. The summed E-state index contributed by atoms with van der Waals surface area (Å²) in [6.07, 6.45) is 4.99. The van der Waals surface area contributed by atoms with Crippen molar-refractivity contribution in [1.82, 2.24) is 14.4 Å². The molecular weight excluding hydrogens is 671 g/mol. The van der Waals surface area contributed by atoms with E-state index in [1.54, 1.807) is 32.5 Å². The van der Waals surface area contributed by atoms with Crippen LogP contribution >= 0.6 is 23.2 Å². The zero-order valence-corrected chi connectivity index (χ0v) is 29.6. The summed E-state index contributed by atoms with van der Waals surface area (Å²) >= 11 is 13.4. The number of anilines is 1. The SMILES string of the molecule is COC1CN([C@H]2C[C@@H](CO[C@H]3CC[C@H](C(=O)O)CC3)N(C(=O)Cc3cc(Cl)c(NC(=O)c4cn(C)c5ccccc45)cc3Cl)C2)C[C@@H]1OC. The van der Waals surface area contributed by atoms with Gasteiger partial charge in [0.15, 0.2) is 0 Å². The zero-order chi connectivity index (χ0) is 34.8. The molecule has 4 atom stereocenters. The number of carboxylic acid groups (broad SMARTS) is 1. The Kier molecular flexibility index (Phi) is 11.2. The number of hydrogen-bond acceptors (Lipinski definition) is 7. The number of carbonyl (C=O) groups excluding carboxylic acids is 2. The number of benzene rings is 2. The van der Waals surface area contributed by atoms with Crippen LogP contribution < -0.4 is 5.32 Å². The largest absolute Gasteiger partial charge is 0.481 e. The minimum absolute atomic E-state index is 0.0287. The molecule has 0 spiro atoms. The molecule has 2 aliphatic heterocycles. The Hall–Kier alpha value is -3.19. The van der Waals surface area contributed by atoms with Crippen LogP contribution in [0.2, 0.25) is 10.0 Å². The highest BCUT2D eigenvalue weighted by atomic mass is 35.5. The van der Waals surface area contributed by atoms with Crippen LogP contribution in [0.25, 0.3) is 10.9 Å². The number of rotatable bonds is 11. The van der Waals surface area contributed by atoms with E-state index in [1.165, 1.54) is 0 Å². The van der Waals surface area contributed by atoms with Crippen molar-refractivity contribution in [2.75, 3.05) is 45.8 Å². The first-order chi connectivity index (χ1) is 23.6. The van der Waals surface area contributed by atoms with Crippen molar-refractivity contribution in [1.29, 1.82) is 0 Å². The third kappa shape index (κ3) is 7.77. The van der Waals surface area contributed by atoms with Gasteiger partial charge >= 0.3 is 5.97 Å². The molecule has 1 saturated carbocycles. The summed E-state index contributed by atoms with van der Waals surface area (Å²) in [5.74, 6) is -1.47. The van der Waals surface area contributed by atoms with Crippen molar-refractivity contribution in [3.63, 3.8) is 0 Å². The van der Waals surface area contributed by atoms with Crippen LogP contribution in [0.1, 0.15) is 48.0 Å². The molecule has 2 aromatic carbocycles. The van der Waals surface area contributed by atoms with Gasteiger partial charge in [-0.1, -0.05) is 41.4 Å². The van der Waals surface area contributed by atoms with Gasteiger partial charge in [-0.15, -0.1) is 0 Å². The maximum atomic E-state index is 14.0. The van der Waals surface area contributed by atoms with Crippen LogP contribution in [0.4, 0.5) is 5.69 Å². The second-order valence-electron chi connectivity index (χ2n) is 13.5. The molecule has 3 fully saturated rings. The fourth-order valence-electron chi connectivity index (χ4n) is 7.66. The number of nitrogens with zero attached hydrogens (tertiary/aromatic N) is 3. The minimum atomic E-state index is -0.748. The number of aromatic nitrogens is 1. The Balaban J connectivity index is 1.14. The molecule has 3 aromatic rings. The first kappa shape index (κ1) is 35.6. The van der Waals surface area contributed by atoms with Crippen molar-refractivity contribution in [2.45, 2.75) is 68.9 Å². The van der Waals surface area contributed by atoms with E-state index >= 15 is 0 Å². The highest BCUT2D eigenvalue weighted by molar-refractivity contribution is 6.36. The van der Waals surface area contributed by atoms with Crippen molar-refractivity contribution >= 4 is 57.6 Å². The standard InChI is InChI=1S/C36H44Cl2N4O7/c1-40-17-27(26-6-4-5-7-31(26)40)35(44)39-30-15-28(37)22(12-29(30)38)13-34(43)42-16-23(41-18-32(47-2)33(19-41)48-3)14-24(42)20-49-25-10-8-21(9-11-25)36(45)46/h4-7,12,15,17,21,23-25,32-33H,8-11,13-14,16,18-20H2,1-3H3,(H,39,44)(H,45,46)/t21-,23-,24-,25-,32-,33?/m0/s1. The topological polar surface area (TPSA) is 123 Å². The maximum absolute atomic E-state index is 14.0. The van der Waals surface area contributed by atoms with Crippen molar-refractivity contribution in [3.05, 3.63) is 63.8 Å². The van der Waals surface area contributed by atoms with Gasteiger partial charge in [0.05, 0.1) is 59.6 Å². The lowest BCUT2D eigenvalue weighted by atomic mass is 9.87. The van der Waals surface area contributed by atoms with Gasteiger partial charge in [-0.05, 0) is 55.9 Å². The third-order valence-electron chi connectivity index (χ3n) is 10.5. The lowest BCUT2D eigenvalue weighted by Crippen LogP contribution is -2.41. The summed E-state index contributed by atoms with van der Waals surface area (Å²) in [4.78, 5) is 42.9. The first-order valence-electron chi connectivity index (χ1n) is 16.8. The van der Waals surface area contributed by atoms with E-state index in [0.717, 1.165) is 17.3 Å². The average Bonchev–Trinajstić information content (AvgIpc) is 3.81. The summed E-state index contributed by atoms with van der Waals surface area (Å²) in [7, 11) is 5.27. The maximum Gasteiger partial charge on any atom is 0.306 e. The van der Waals surface area contributed by atoms with E-state index in [4.69, 9.17) is 37.4 Å². The molecular formula is C36H44Cl2N4O7. The third-order valence-corrected chi connectivity index (χ3v) is 11.2. The van der Waals surface area contributed by atoms with Crippen molar-refractivity contribution in [2.24, 2.45) is 13.0 Å². The Morgan fingerprint density at radius 3 is 2.33 bits per heavy atom. The predicted octanol–water partition coefficient (Wildman–Crippen LogP) is 5.26.